The van der Waals surface area contributed by atoms with Crippen molar-refractivity contribution in [3.8, 4) is 0 Å². The average molecular weight is 253 g/mol. The van der Waals surface area contributed by atoms with Crippen LogP contribution in [0.3, 0.4) is 0 Å². The van der Waals surface area contributed by atoms with Gasteiger partial charge in [-0.2, -0.15) is 0 Å². The fourth-order valence-electron chi connectivity index (χ4n) is 1.97. The predicted octanol–water partition coefficient (Wildman–Crippen LogP) is 2.46. The highest BCUT2D eigenvalue weighted by Gasteiger charge is 2.03. The van der Waals surface area contributed by atoms with E-state index in [1.807, 2.05) is 30.5 Å². The normalized spacial score (nSPS) is 10.8. The number of imidazole rings is 1. The number of fused-ring (bicyclic) bond motifs is 1. The van der Waals surface area contributed by atoms with Gasteiger partial charge in [0.05, 0.1) is 11.0 Å². The number of aryl methyl sites for hydroxylation is 1. The number of aromatic amines is 1. The Bertz CT molecular complexity index is 717. The molecule has 1 aromatic carbocycles. The maximum absolute atomic E-state index is 5.74. The monoisotopic (exact) mass is 253 g/mol. The van der Waals surface area contributed by atoms with Crippen LogP contribution in [0.4, 0.5) is 11.6 Å². The Balaban J connectivity index is 1.80. The smallest absolute Gasteiger partial charge is 0.201 e. The molecule has 5 heteroatoms. The molecule has 96 valence electrons. The Labute approximate surface area is 110 Å². The van der Waals surface area contributed by atoms with Gasteiger partial charge in [-0.3, -0.25) is 4.98 Å². The minimum atomic E-state index is 0.689. The molecule has 5 nitrogen and oxygen atoms in total. The number of hydrogen-bond donors (Lipinski definition) is 3. The number of aromatic nitrogens is 3. The van der Waals surface area contributed by atoms with Crippen LogP contribution in [0.1, 0.15) is 11.1 Å². The Hall–Kier alpha value is -2.56. The number of nitrogens with two attached hydrogens (primary N) is 1. The van der Waals surface area contributed by atoms with E-state index in [1.54, 1.807) is 6.20 Å². The second kappa shape index (κ2) is 4.61. The number of nitrogens with one attached hydrogen (secondary N) is 2. The van der Waals surface area contributed by atoms with Crippen LogP contribution in [0.15, 0.2) is 36.7 Å². The average Bonchev–Trinajstić information content (AvgIpc) is 2.79. The van der Waals surface area contributed by atoms with Crippen molar-refractivity contribution in [2.24, 2.45) is 0 Å². The van der Waals surface area contributed by atoms with Crippen LogP contribution in [0, 0.1) is 6.92 Å². The van der Waals surface area contributed by atoms with E-state index in [0.29, 0.717) is 6.54 Å². The van der Waals surface area contributed by atoms with Gasteiger partial charge in [-0.15, -0.1) is 0 Å². The van der Waals surface area contributed by atoms with Crippen LogP contribution in [0.25, 0.3) is 11.0 Å². The first kappa shape index (κ1) is 11.5. The van der Waals surface area contributed by atoms with Gasteiger partial charge in [-0.25, -0.2) is 4.98 Å². The number of rotatable bonds is 3. The zero-order valence-electron chi connectivity index (χ0n) is 10.6. The third-order valence-electron chi connectivity index (χ3n) is 3.10. The Kier molecular flexibility index (Phi) is 2.79. The number of benzene rings is 1. The van der Waals surface area contributed by atoms with Crippen LogP contribution in [-0.4, -0.2) is 15.0 Å². The maximum Gasteiger partial charge on any atom is 0.201 e. The van der Waals surface area contributed by atoms with Crippen LogP contribution in [0.2, 0.25) is 0 Å². The summed E-state index contributed by atoms with van der Waals surface area (Å²) in [7, 11) is 0. The van der Waals surface area contributed by atoms with Gasteiger partial charge in [-0.1, -0.05) is 0 Å². The molecule has 0 aliphatic heterocycles. The molecule has 0 radical (unpaired) electrons. The van der Waals surface area contributed by atoms with E-state index < -0.39 is 0 Å². The molecule has 0 aliphatic rings. The highest BCUT2D eigenvalue weighted by molar-refractivity contribution is 5.80. The molecule has 0 amide bonds. The topological polar surface area (TPSA) is 79.6 Å². The van der Waals surface area contributed by atoms with Gasteiger partial charge in [0.1, 0.15) is 0 Å². The molecule has 0 unspecified atom stereocenters. The molecule has 19 heavy (non-hydrogen) atoms. The quantitative estimate of drug-likeness (QED) is 0.626. The Morgan fingerprint density at radius 2 is 2.21 bits per heavy atom. The molecule has 0 bridgehead atoms. The second-order valence-corrected chi connectivity index (χ2v) is 4.52. The summed E-state index contributed by atoms with van der Waals surface area (Å²) in [6.07, 6.45) is 3.66. The minimum Gasteiger partial charge on any atom is -0.399 e. The van der Waals surface area contributed by atoms with E-state index in [1.165, 1.54) is 5.56 Å². The molecule has 0 saturated carbocycles. The first-order valence-corrected chi connectivity index (χ1v) is 6.11. The number of nitrogen functional groups attached to an aromatic ring is 1. The largest absolute Gasteiger partial charge is 0.399 e. The lowest BCUT2D eigenvalue weighted by atomic mass is 10.2. The fourth-order valence-corrected chi connectivity index (χ4v) is 1.97. The number of anilines is 2. The summed E-state index contributed by atoms with van der Waals surface area (Å²) in [6, 6.07) is 7.62. The second-order valence-electron chi connectivity index (χ2n) is 4.52. The SMILES string of the molecule is Cc1ccncc1CNc1nc2ccc(N)cc2[nH]1. The van der Waals surface area contributed by atoms with Crippen molar-refractivity contribution >= 4 is 22.7 Å². The molecule has 2 heterocycles. The lowest BCUT2D eigenvalue weighted by Gasteiger charge is -2.05. The number of nitrogens with zero attached hydrogens (tertiary/aromatic N) is 2. The van der Waals surface area contributed by atoms with Gasteiger partial charge < -0.3 is 16.0 Å². The molecule has 0 spiro atoms. The van der Waals surface area contributed by atoms with Crippen LogP contribution >= 0.6 is 0 Å². The van der Waals surface area contributed by atoms with E-state index in [9.17, 15) is 0 Å². The third-order valence-corrected chi connectivity index (χ3v) is 3.10. The summed E-state index contributed by atoms with van der Waals surface area (Å²) in [5, 5.41) is 3.26. The zero-order valence-corrected chi connectivity index (χ0v) is 10.6. The van der Waals surface area contributed by atoms with Gasteiger partial charge in [0.15, 0.2) is 0 Å². The highest BCUT2D eigenvalue weighted by atomic mass is 15.1. The first-order chi connectivity index (χ1) is 9.22. The van der Waals surface area contributed by atoms with Crippen LogP contribution in [0.5, 0.6) is 0 Å². The maximum atomic E-state index is 5.74. The fraction of sp³-hybridized carbons (Fsp3) is 0.143. The van der Waals surface area contributed by atoms with Crippen molar-refractivity contribution < 1.29 is 0 Å². The van der Waals surface area contributed by atoms with Crippen molar-refractivity contribution in [2.45, 2.75) is 13.5 Å². The van der Waals surface area contributed by atoms with Gasteiger partial charge in [0.25, 0.3) is 0 Å². The van der Waals surface area contributed by atoms with E-state index in [4.69, 9.17) is 5.73 Å². The van der Waals surface area contributed by atoms with Crippen molar-refractivity contribution in [1.82, 2.24) is 15.0 Å². The summed E-state index contributed by atoms with van der Waals surface area (Å²) >= 11 is 0. The standard InChI is InChI=1S/C14H15N5/c1-9-4-5-16-7-10(9)8-17-14-18-12-3-2-11(15)6-13(12)19-14/h2-7H,8,15H2,1H3,(H2,17,18,19). The molecule has 3 aromatic rings. The predicted molar refractivity (Wildman–Crippen MR) is 76.8 cm³/mol. The molecular weight excluding hydrogens is 238 g/mol. The molecule has 0 aliphatic carbocycles. The van der Waals surface area contributed by atoms with Crippen molar-refractivity contribution in [3.63, 3.8) is 0 Å². The van der Waals surface area contributed by atoms with Crippen LogP contribution in [-0.2, 0) is 6.54 Å². The number of pyridine rings is 1. The van der Waals surface area contributed by atoms with Crippen LogP contribution < -0.4 is 11.1 Å². The van der Waals surface area contributed by atoms with E-state index in [0.717, 1.165) is 28.2 Å². The van der Waals surface area contributed by atoms with Crippen molar-refractivity contribution in [2.75, 3.05) is 11.1 Å². The zero-order chi connectivity index (χ0) is 13.2. The molecule has 2 aromatic heterocycles. The summed E-state index contributed by atoms with van der Waals surface area (Å²) in [5.41, 5.74) is 10.7. The Morgan fingerprint density at radius 3 is 3.05 bits per heavy atom. The lowest BCUT2D eigenvalue weighted by Crippen LogP contribution is -2.02. The molecule has 4 N–H and O–H groups in total. The molecule has 3 rings (SSSR count). The molecule has 0 fully saturated rings. The number of H-pyrrole nitrogens is 1. The summed E-state index contributed by atoms with van der Waals surface area (Å²) in [4.78, 5) is 11.8. The molecule has 0 saturated heterocycles. The van der Waals surface area contributed by atoms with Gasteiger partial charge in [0, 0.05) is 24.6 Å². The van der Waals surface area contributed by atoms with Crippen molar-refractivity contribution in [3.05, 3.63) is 47.8 Å². The van der Waals surface area contributed by atoms with Crippen molar-refractivity contribution in [1.29, 1.82) is 0 Å². The summed E-state index contributed by atoms with van der Waals surface area (Å²) < 4.78 is 0. The summed E-state index contributed by atoms with van der Waals surface area (Å²) in [6.45, 7) is 2.76. The van der Waals surface area contributed by atoms with E-state index in [-0.39, 0.29) is 0 Å². The number of hydrogen-bond acceptors (Lipinski definition) is 4. The van der Waals surface area contributed by atoms with E-state index >= 15 is 0 Å². The third kappa shape index (κ3) is 2.35. The van der Waals surface area contributed by atoms with Gasteiger partial charge in [0.2, 0.25) is 5.95 Å². The molecule has 0 atom stereocenters. The minimum absolute atomic E-state index is 0.689. The lowest BCUT2D eigenvalue weighted by molar-refractivity contribution is 1.05. The summed E-state index contributed by atoms with van der Waals surface area (Å²) in [5.74, 6) is 0.740. The first-order valence-electron chi connectivity index (χ1n) is 6.11. The Morgan fingerprint density at radius 1 is 1.32 bits per heavy atom. The van der Waals surface area contributed by atoms with E-state index in [2.05, 4.69) is 27.2 Å². The highest BCUT2D eigenvalue weighted by Crippen LogP contribution is 2.17. The molecular formula is C14H15N5. The van der Waals surface area contributed by atoms with Gasteiger partial charge >= 0.3 is 0 Å². The van der Waals surface area contributed by atoms with Gasteiger partial charge in [-0.05, 0) is 42.3 Å².